The molecule has 0 saturated carbocycles. The van der Waals surface area contributed by atoms with Crippen LogP contribution in [0.3, 0.4) is 0 Å². The van der Waals surface area contributed by atoms with E-state index in [1.165, 1.54) is 0 Å². The minimum absolute atomic E-state index is 0.137. The van der Waals surface area contributed by atoms with Crippen molar-refractivity contribution >= 4 is 23.9 Å². The largest absolute Gasteiger partial charge is 0.478 e. The Kier molecular flexibility index (Phi) is 7.61. The molecule has 0 aromatic heterocycles. The van der Waals surface area contributed by atoms with E-state index in [1.54, 1.807) is 0 Å². The van der Waals surface area contributed by atoms with Crippen molar-refractivity contribution in [3.8, 4) is 0 Å². The molecular formula is C12H12FNO8. The summed E-state index contributed by atoms with van der Waals surface area (Å²) >= 11 is 0. The SMILES string of the molecule is O=C(O)C1=CN(CF)C=C(C(=O)O)C1.O=C(O)C=CC(=O)O. The van der Waals surface area contributed by atoms with Crippen LogP contribution in [0.1, 0.15) is 6.42 Å². The number of nitrogens with zero attached hydrogens (tertiary/aromatic N) is 1. The molecule has 0 radical (unpaired) electrons. The third kappa shape index (κ3) is 7.43. The van der Waals surface area contributed by atoms with Gasteiger partial charge in [-0.2, -0.15) is 0 Å². The molecule has 0 fully saturated rings. The Morgan fingerprint density at radius 3 is 1.55 bits per heavy atom. The third-order valence-electron chi connectivity index (χ3n) is 2.08. The maximum absolute atomic E-state index is 12.2. The van der Waals surface area contributed by atoms with Gasteiger partial charge in [0.15, 0.2) is 6.80 Å². The summed E-state index contributed by atoms with van der Waals surface area (Å²) in [6.45, 7) is -0.951. The van der Waals surface area contributed by atoms with Crippen molar-refractivity contribution in [2.75, 3.05) is 6.80 Å². The van der Waals surface area contributed by atoms with Crippen LogP contribution in [0.5, 0.6) is 0 Å². The van der Waals surface area contributed by atoms with Crippen LogP contribution >= 0.6 is 0 Å². The smallest absolute Gasteiger partial charge is 0.333 e. The summed E-state index contributed by atoms with van der Waals surface area (Å²) in [5.41, 5.74) is -0.273. The fraction of sp³-hybridized carbons (Fsp3) is 0.167. The van der Waals surface area contributed by atoms with Gasteiger partial charge in [-0.05, 0) is 0 Å². The topological polar surface area (TPSA) is 152 Å². The average Bonchev–Trinajstić information content (AvgIpc) is 2.45. The second-order valence-corrected chi connectivity index (χ2v) is 3.74. The highest BCUT2D eigenvalue weighted by Crippen LogP contribution is 2.19. The van der Waals surface area contributed by atoms with E-state index in [2.05, 4.69) is 0 Å². The fourth-order valence-corrected chi connectivity index (χ4v) is 1.21. The first-order chi connectivity index (χ1) is 10.2. The molecule has 0 atom stereocenters. The van der Waals surface area contributed by atoms with Crippen LogP contribution in [0.25, 0.3) is 0 Å². The second kappa shape index (κ2) is 8.89. The molecule has 1 rings (SSSR count). The minimum Gasteiger partial charge on any atom is -0.478 e. The molecule has 9 nitrogen and oxygen atoms in total. The van der Waals surface area contributed by atoms with E-state index < -0.39 is 30.7 Å². The number of hydrogen-bond donors (Lipinski definition) is 4. The van der Waals surface area contributed by atoms with Crippen molar-refractivity contribution in [2.45, 2.75) is 6.42 Å². The van der Waals surface area contributed by atoms with Crippen molar-refractivity contribution in [1.82, 2.24) is 4.90 Å². The van der Waals surface area contributed by atoms with Crippen LogP contribution in [0, 0.1) is 0 Å². The first kappa shape index (κ1) is 18.8. The third-order valence-corrected chi connectivity index (χ3v) is 2.08. The molecule has 4 N–H and O–H groups in total. The highest BCUT2D eigenvalue weighted by atomic mass is 19.1. The Bertz CT molecular complexity index is 517. The molecule has 0 bridgehead atoms. The molecule has 1 aliphatic rings. The zero-order valence-corrected chi connectivity index (χ0v) is 11.0. The summed E-state index contributed by atoms with van der Waals surface area (Å²) in [5.74, 6) is -4.99. The molecular weight excluding hydrogens is 305 g/mol. The van der Waals surface area contributed by atoms with Gasteiger partial charge in [0, 0.05) is 31.0 Å². The second-order valence-electron chi connectivity index (χ2n) is 3.74. The summed E-state index contributed by atoms with van der Waals surface area (Å²) in [4.78, 5) is 41.1. The fourth-order valence-electron chi connectivity index (χ4n) is 1.21. The summed E-state index contributed by atoms with van der Waals surface area (Å²) in [7, 11) is 0. The van der Waals surface area contributed by atoms with Crippen LogP contribution in [0.15, 0.2) is 35.7 Å². The van der Waals surface area contributed by atoms with Gasteiger partial charge < -0.3 is 25.3 Å². The molecule has 0 aromatic rings. The Balaban J connectivity index is 0.000000472. The highest BCUT2D eigenvalue weighted by molar-refractivity contribution is 5.93. The van der Waals surface area contributed by atoms with Crippen molar-refractivity contribution < 1.29 is 44.0 Å². The van der Waals surface area contributed by atoms with Gasteiger partial charge in [0.2, 0.25) is 0 Å². The Morgan fingerprint density at radius 2 is 1.32 bits per heavy atom. The van der Waals surface area contributed by atoms with Gasteiger partial charge >= 0.3 is 23.9 Å². The van der Waals surface area contributed by atoms with Crippen LogP contribution in [-0.2, 0) is 19.2 Å². The number of halogens is 1. The highest BCUT2D eigenvalue weighted by Gasteiger charge is 2.20. The predicted molar refractivity (Wildman–Crippen MR) is 68.3 cm³/mol. The molecule has 0 spiro atoms. The molecule has 0 saturated heterocycles. The lowest BCUT2D eigenvalue weighted by molar-refractivity contribution is -0.134. The van der Waals surface area contributed by atoms with Gasteiger partial charge in [-0.1, -0.05) is 0 Å². The molecule has 120 valence electrons. The van der Waals surface area contributed by atoms with E-state index in [1.807, 2.05) is 0 Å². The normalized spacial score (nSPS) is 13.6. The van der Waals surface area contributed by atoms with E-state index >= 15 is 0 Å². The number of carbonyl (C=O) groups is 4. The standard InChI is InChI=1S/C8H8FNO4.C4H4O4/c9-4-10-2-5(7(11)12)1-6(3-10)8(13)14;5-3(6)1-2-4(7)8/h2-3H,1,4H2,(H,11,12)(H,13,14);1-2H,(H,5,6)(H,7,8). The first-order valence-electron chi connectivity index (χ1n) is 5.51. The molecule has 0 amide bonds. The average molecular weight is 317 g/mol. The molecule has 10 heteroatoms. The maximum Gasteiger partial charge on any atom is 0.333 e. The first-order valence-corrected chi connectivity index (χ1v) is 5.51. The van der Waals surface area contributed by atoms with Crippen molar-refractivity contribution in [3.05, 3.63) is 35.7 Å². The number of rotatable bonds is 5. The summed E-state index contributed by atoms with van der Waals surface area (Å²) in [6.07, 6.45) is 3.08. The lowest BCUT2D eigenvalue weighted by Crippen LogP contribution is -2.20. The maximum atomic E-state index is 12.2. The van der Waals surface area contributed by atoms with E-state index in [0.717, 1.165) is 17.3 Å². The number of alkyl halides is 1. The van der Waals surface area contributed by atoms with Gasteiger partial charge in [-0.25, -0.2) is 23.6 Å². The number of carboxylic acids is 4. The van der Waals surface area contributed by atoms with Crippen LogP contribution in [-0.4, -0.2) is 56.0 Å². The van der Waals surface area contributed by atoms with Gasteiger partial charge in [0.1, 0.15) is 0 Å². The van der Waals surface area contributed by atoms with Crippen molar-refractivity contribution in [2.24, 2.45) is 0 Å². The van der Waals surface area contributed by atoms with Crippen molar-refractivity contribution in [1.29, 1.82) is 0 Å². The molecule has 22 heavy (non-hydrogen) atoms. The zero-order valence-electron chi connectivity index (χ0n) is 11.0. The predicted octanol–water partition coefficient (Wildman–Crippen LogP) is 0.268. The van der Waals surface area contributed by atoms with E-state index in [4.69, 9.17) is 20.4 Å². The number of hydrogen-bond acceptors (Lipinski definition) is 5. The van der Waals surface area contributed by atoms with Gasteiger partial charge in [0.05, 0.1) is 11.1 Å². The number of carboxylic acid groups (broad SMARTS) is 4. The summed E-state index contributed by atoms with van der Waals surface area (Å²) in [5, 5.41) is 32.9. The van der Waals surface area contributed by atoms with Crippen LogP contribution in [0.2, 0.25) is 0 Å². The van der Waals surface area contributed by atoms with Crippen molar-refractivity contribution in [3.63, 3.8) is 0 Å². The zero-order chi connectivity index (χ0) is 17.3. The molecule has 0 aromatic carbocycles. The number of aliphatic carboxylic acids is 4. The monoisotopic (exact) mass is 317 g/mol. The minimum atomic E-state index is -1.26. The molecule has 1 heterocycles. The lowest BCUT2D eigenvalue weighted by atomic mass is 10.0. The van der Waals surface area contributed by atoms with Crippen LogP contribution in [0.4, 0.5) is 4.39 Å². The van der Waals surface area contributed by atoms with Gasteiger partial charge in [-0.15, -0.1) is 0 Å². The molecule has 0 unspecified atom stereocenters. The van der Waals surface area contributed by atoms with Gasteiger partial charge in [-0.3, -0.25) is 0 Å². The molecule has 1 aliphatic heterocycles. The quantitative estimate of drug-likeness (QED) is 0.413. The van der Waals surface area contributed by atoms with E-state index in [0.29, 0.717) is 12.2 Å². The lowest BCUT2D eigenvalue weighted by Gasteiger charge is -2.18. The Morgan fingerprint density at radius 1 is 0.955 bits per heavy atom. The summed E-state index contributed by atoms with van der Waals surface area (Å²) in [6, 6.07) is 0. The Labute approximate surface area is 122 Å². The van der Waals surface area contributed by atoms with E-state index in [-0.39, 0.29) is 17.6 Å². The van der Waals surface area contributed by atoms with E-state index in [9.17, 15) is 23.6 Å². The Hall–Kier alpha value is -3.17. The molecule has 0 aliphatic carbocycles. The van der Waals surface area contributed by atoms with Crippen LogP contribution < -0.4 is 0 Å². The summed E-state index contributed by atoms with van der Waals surface area (Å²) < 4.78 is 12.2. The van der Waals surface area contributed by atoms with Gasteiger partial charge in [0.25, 0.3) is 0 Å².